The van der Waals surface area contributed by atoms with Crippen LogP contribution in [0.2, 0.25) is 0 Å². The quantitative estimate of drug-likeness (QED) is 0.489. The van der Waals surface area contributed by atoms with Gasteiger partial charge in [-0.25, -0.2) is 9.78 Å². The Morgan fingerprint density at radius 2 is 2.43 bits per heavy atom. The van der Waals surface area contributed by atoms with Crippen LogP contribution in [-0.4, -0.2) is 29.1 Å². The zero-order valence-corrected chi connectivity index (χ0v) is 11.3. The van der Waals surface area contributed by atoms with Gasteiger partial charge in [0.15, 0.2) is 5.60 Å². The first-order valence-corrected chi connectivity index (χ1v) is 6.34. The minimum Gasteiger partial charge on any atom is -0.437 e. The van der Waals surface area contributed by atoms with E-state index in [9.17, 15) is 19.3 Å². The molecular formula is C12H15FN4O4. The first kappa shape index (κ1) is 15.1. The van der Waals surface area contributed by atoms with Crippen LogP contribution < -0.4 is 11.1 Å². The lowest BCUT2D eigenvalue weighted by atomic mass is 9.81. The van der Waals surface area contributed by atoms with Gasteiger partial charge in [0.2, 0.25) is 0 Å². The highest BCUT2D eigenvalue weighted by atomic mass is 19.1. The number of halogens is 1. The number of rotatable bonds is 3. The largest absolute Gasteiger partial charge is 0.437 e. The summed E-state index contributed by atoms with van der Waals surface area (Å²) in [6, 6.07) is 1.28. The molecule has 0 spiro atoms. The number of nitrogens with one attached hydrogen (secondary N) is 1. The molecule has 2 atom stereocenters. The average molecular weight is 298 g/mol. The predicted octanol–water partition coefficient (Wildman–Crippen LogP) is 1.05. The van der Waals surface area contributed by atoms with Crippen molar-refractivity contribution in [3.63, 3.8) is 0 Å². The summed E-state index contributed by atoms with van der Waals surface area (Å²) < 4.78 is 18.9. The van der Waals surface area contributed by atoms with Crippen molar-refractivity contribution >= 4 is 11.8 Å². The molecule has 1 amide bonds. The molecule has 0 saturated carbocycles. The first-order valence-electron chi connectivity index (χ1n) is 6.34. The van der Waals surface area contributed by atoms with Crippen LogP contribution in [0.5, 0.6) is 0 Å². The lowest BCUT2D eigenvalue weighted by Gasteiger charge is -2.39. The van der Waals surface area contributed by atoms with Gasteiger partial charge in [0.25, 0.3) is 5.95 Å². The molecule has 3 N–H and O–H groups in total. The first-order chi connectivity index (χ1) is 9.85. The van der Waals surface area contributed by atoms with Gasteiger partial charge in [0, 0.05) is 12.7 Å². The molecule has 1 fully saturated rings. The fourth-order valence-corrected chi connectivity index (χ4v) is 2.73. The Hall–Kier alpha value is -2.29. The Labute approximate surface area is 119 Å². The Kier molecular flexibility index (Phi) is 4.03. The van der Waals surface area contributed by atoms with E-state index in [-0.39, 0.29) is 18.0 Å². The summed E-state index contributed by atoms with van der Waals surface area (Å²) in [7, 11) is 0. The van der Waals surface area contributed by atoms with E-state index in [4.69, 9.17) is 10.5 Å². The number of aromatic nitrogens is 1. The van der Waals surface area contributed by atoms with Crippen LogP contribution in [0.3, 0.4) is 0 Å². The summed E-state index contributed by atoms with van der Waals surface area (Å²) in [6.07, 6.45) is 0.327. The summed E-state index contributed by atoms with van der Waals surface area (Å²) in [4.78, 5) is 24.8. The molecule has 1 aliphatic heterocycles. The number of amides is 1. The van der Waals surface area contributed by atoms with Crippen molar-refractivity contribution in [3.8, 4) is 0 Å². The fraction of sp³-hybridized carbons (Fsp3) is 0.500. The molecule has 2 rings (SSSR count). The van der Waals surface area contributed by atoms with E-state index in [0.717, 1.165) is 6.20 Å². The lowest BCUT2D eigenvalue weighted by Crippen LogP contribution is -2.50. The molecule has 114 valence electrons. The number of hydrogen-bond donors (Lipinski definition) is 2. The third-order valence-corrected chi connectivity index (χ3v) is 3.43. The number of ether oxygens (including phenoxy) is 1. The van der Waals surface area contributed by atoms with Crippen LogP contribution in [0.25, 0.3) is 0 Å². The number of piperidine rings is 1. The van der Waals surface area contributed by atoms with Crippen molar-refractivity contribution in [2.45, 2.75) is 18.9 Å². The molecule has 0 aliphatic carbocycles. The third kappa shape index (κ3) is 2.92. The number of nitrogens with zero attached hydrogens (tertiary/aromatic N) is 2. The Balaban J connectivity index is 2.59. The number of carbonyl (C=O) groups is 1. The van der Waals surface area contributed by atoms with Gasteiger partial charge in [-0.2, -0.15) is 4.39 Å². The van der Waals surface area contributed by atoms with Gasteiger partial charge < -0.3 is 15.8 Å². The minimum atomic E-state index is -1.38. The Morgan fingerprint density at radius 1 is 1.71 bits per heavy atom. The topological polar surface area (TPSA) is 120 Å². The van der Waals surface area contributed by atoms with Gasteiger partial charge in [-0.1, -0.05) is 6.92 Å². The van der Waals surface area contributed by atoms with Gasteiger partial charge >= 0.3 is 11.8 Å². The summed E-state index contributed by atoms with van der Waals surface area (Å²) in [5.74, 6) is -1.16. The van der Waals surface area contributed by atoms with E-state index in [1.807, 2.05) is 6.92 Å². The van der Waals surface area contributed by atoms with E-state index in [1.165, 1.54) is 6.07 Å². The molecular weight excluding hydrogens is 283 g/mol. The number of carbonyl (C=O) groups excluding carboxylic acids is 1. The van der Waals surface area contributed by atoms with E-state index >= 15 is 0 Å². The molecule has 1 aromatic heterocycles. The minimum absolute atomic E-state index is 0.0437. The fourth-order valence-electron chi connectivity index (χ4n) is 2.73. The van der Waals surface area contributed by atoms with Gasteiger partial charge in [-0.15, -0.1) is 0 Å². The average Bonchev–Trinajstić information content (AvgIpc) is 2.37. The van der Waals surface area contributed by atoms with Crippen molar-refractivity contribution in [2.24, 2.45) is 11.7 Å². The third-order valence-electron chi connectivity index (χ3n) is 3.43. The maximum absolute atomic E-state index is 13.7. The van der Waals surface area contributed by atoms with Crippen LogP contribution in [0.1, 0.15) is 18.9 Å². The molecule has 9 heteroatoms. The van der Waals surface area contributed by atoms with Gasteiger partial charge in [0.1, 0.15) is 0 Å². The molecule has 1 saturated heterocycles. The standard InChI is InChI=1S/C12H15FN4O4/c1-7-4-12(6-15-5-7,21-11(14)18)8-2-3-16-10(13)9(8)17(19)20/h2-3,7,15H,4-6H2,1H3,(H2,14,18)/t7-,12-/m1/s1. The van der Waals surface area contributed by atoms with Crippen molar-refractivity contribution in [1.29, 1.82) is 0 Å². The highest BCUT2D eigenvalue weighted by Crippen LogP contribution is 2.40. The molecule has 0 unspecified atom stereocenters. The van der Waals surface area contributed by atoms with E-state index < -0.39 is 28.3 Å². The number of nitrogens with two attached hydrogens (primary N) is 1. The lowest BCUT2D eigenvalue weighted by molar-refractivity contribution is -0.389. The number of hydrogen-bond acceptors (Lipinski definition) is 6. The summed E-state index contributed by atoms with van der Waals surface area (Å²) in [6.45, 7) is 2.66. The maximum Gasteiger partial charge on any atom is 0.405 e. The number of pyridine rings is 1. The summed E-state index contributed by atoms with van der Waals surface area (Å²) in [5, 5.41) is 14.1. The van der Waals surface area contributed by atoms with Crippen LogP contribution in [-0.2, 0) is 10.3 Å². The second-order valence-corrected chi connectivity index (χ2v) is 5.11. The van der Waals surface area contributed by atoms with E-state index in [0.29, 0.717) is 13.0 Å². The molecule has 0 radical (unpaired) electrons. The van der Waals surface area contributed by atoms with Gasteiger partial charge in [0.05, 0.1) is 10.5 Å². The SMILES string of the molecule is C[C@H]1CNC[C@@](OC(N)=O)(c2ccnc(F)c2[N+](=O)[O-])C1. The van der Waals surface area contributed by atoms with Crippen LogP contribution in [0.15, 0.2) is 12.3 Å². The van der Waals surface area contributed by atoms with Crippen molar-refractivity contribution in [3.05, 3.63) is 33.9 Å². The molecule has 2 heterocycles. The molecule has 0 bridgehead atoms. The second-order valence-electron chi connectivity index (χ2n) is 5.11. The maximum atomic E-state index is 13.7. The Bertz CT molecular complexity index is 582. The van der Waals surface area contributed by atoms with Crippen LogP contribution >= 0.6 is 0 Å². The highest BCUT2D eigenvalue weighted by molar-refractivity contribution is 5.66. The predicted molar refractivity (Wildman–Crippen MR) is 69.8 cm³/mol. The normalized spacial score (nSPS) is 25.3. The second kappa shape index (κ2) is 5.60. The van der Waals surface area contributed by atoms with Crippen LogP contribution in [0.4, 0.5) is 14.9 Å². The monoisotopic (exact) mass is 298 g/mol. The van der Waals surface area contributed by atoms with Gasteiger partial charge in [-0.05, 0) is 24.9 Å². The van der Waals surface area contributed by atoms with E-state index in [1.54, 1.807) is 0 Å². The molecule has 8 nitrogen and oxygen atoms in total. The summed E-state index contributed by atoms with van der Waals surface area (Å²) in [5.41, 5.74) is 2.87. The molecule has 1 aromatic rings. The Morgan fingerprint density at radius 3 is 3.00 bits per heavy atom. The smallest absolute Gasteiger partial charge is 0.405 e. The van der Waals surface area contributed by atoms with Crippen molar-refractivity contribution in [1.82, 2.24) is 10.3 Å². The van der Waals surface area contributed by atoms with Crippen LogP contribution in [0, 0.1) is 22.0 Å². The zero-order valence-electron chi connectivity index (χ0n) is 11.3. The van der Waals surface area contributed by atoms with Crippen molar-refractivity contribution in [2.75, 3.05) is 13.1 Å². The van der Waals surface area contributed by atoms with Crippen molar-refractivity contribution < 1.29 is 18.8 Å². The zero-order chi connectivity index (χ0) is 15.6. The molecule has 0 aromatic carbocycles. The number of nitro groups is 1. The number of primary amides is 1. The molecule has 1 aliphatic rings. The van der Waals surface area contributed by atoms with Gasteiger partial charge in [-0.3, -0.25) is 10.1 Å². The highest BCUT2D eigenvalue weighted by Gasteiger charge is 2.45. The molecule has 21 heavy (non-hydrogen) atoms. The summed E-state index contributed by atoms with van der Waals surface area (Å²) >= 11 is 0. The van der Waals surface area contributed by atoms with E-state index in [2.05, 4.69) is 10.3 Å².